The Hall–Kier alpha value is -1.16. The summed E-state index contributed by atoms with van der Waals surface area (Å²) in [6, 6.07) is 5.09. The maximum Gasteiger partial charge on any atom is 0.228 e. The van der Waals surface area contributed by atoms with E-state index in [4.69, 9.17) is 4.42 Å². The third-order valence-corrected chi connectivity index (χ3v) is 2.02. The molecule has 0 aliphatic rings. The van der Waals surface area contributed by atoms with E-state index in [-0.39, 0.29) is 4.69 Å². The first-order valence-corrected chi connectivity index (χ1v) is 4.10. The first-order chi connectivity index (χ1) is 5.77. The summed E-state index contributed by atoms with van der Waals surface area (Å²) in [6.45, 7) is 0. The SMILES string of the molecule is O=C(Br)c1ccc2ncoc2c1. The Labute approximate surface area is 76.5 Å². The second-order valence-corrected chi connectivity index (χ2v) is 3.03. The molecule has 1 aromatic heterocycles. The molecule has 1 heterocycles. The Bertz CT molecular complexity index is 435. The fourth-order valence-electron chi connectivity index (χ4n) is 0.977. The first-order valence-electron chi connectivity index (χ1n) is 3.30. The molecule has 0 saturated heterocycles. The number of carbonyl (C=O) groups is 1. The van der Waals surface area contributed by atoms with E-state index in [0.29, 0.717) is 11.1 Å². The zero-order valence-electron chi connectivity index (χ0n) is 5.95. The van der Waals surface area contributed by atoms with Crippen molar-refractivity contribution in [3.8, 4) is 0 Å². The minimum atomic E-state index is -0.152. The molecule has 0 fully saturated rings. The van der Waals surface area contributed by atoms with Crippen LogP contribution in [0.25, 0.3) is 11.1 Å². The highest BCUT2D eigenvalue weighted by atomic mass is 79.9. The number of oxazole rings is 1. The molecule has 12 heavy (non-hydrogen) atoms. The van der Waals surface area contributed by atoms with Crippen LogP contribution in [0.15, 0.2) is 29.0 Å². The normalized spacial score (nSPS) is 10.4. The van der Waals surface area contributed by atoms with Crippen LogP contribution < -0.4 is 0 Å². The Balaban J connectivity index is 2.68. The number of hydrogen-bond acceptors (Lipinski definition) is 3. The summed E-state index contributed by atoms with van der Waals surface area (Å²) in [6.07, 6.45) is 1.35. The number of benzene rings is 1. The van der Waals surface area contributed by atoms with E-state index in [9.17, 15) is 4.79 Å². The van der Waals surface area contributed by atoms with E-state index in [1.807, 2.05) is 0 Å². The van der Waals surface area contributed by atoms with Gasteiger partial charge in [0.1, 0.15) is 5.52 Å². The Kier molecular flexibility index (Phi) is 1.69. The van der Waals surface area contributed by atoms with Gasteiger partial charge in [0.2, 0.25) is 4.69 Å². The predicted octanol–water partition coefficient (Wildman–Crippen LogP) is 2.36. The summed E-state index contributed by atoms with van der Waals surface area (Å²) < 4.78 is 4.87. The van der Waals surface area contributed by atoms with Gasteiger partial charge in [-0.2, -0.15) is 0 Å². The summed E-state index contributed by atoms with van der Waals surface area (Å²) in [5.74, 6) is 0. The highest BCUT2D eigenvalue weighted by Gasteiger charge is 2.03. The van der Waals surface area contributed by atoms with Crippen LogP contribution in [-0.4, -0.2) is 9.68 Å². The van der Waals surface area contributed by atoms with Gasteiger partial charge in [-0.15, -0.1) is 0 Å². The van der Waals surface area contributed by atoms with Crippen molar-refractivity contribution in [2.75, 3.05) is 0 Å². The fraction of sp³-hybridized carbons (Fsp3) is 0. The zero-order valence-corrected chi connectivity index (χ0v) is 7.54. The molecule has 0 atom stereocenters. The van der Waals surface area contributed by atoms with Gasteiger partial charge in [-0.25, -0.2) is 4.98 Å². The summed E-state index contributed by atoms with van der Waals surface area (Å²) >= 11 is 2.86. The number of aromatic nitrogens is 1. The van der Waals surface area contributed by atoms with Crippen molar-refractivity contribution < 1.29 is 9.21 Å². The smallest absolute Gasteiger partial charge is 0.228 e. The van der Waals surface area contributed by atoms with Gasteiger partial charge in [0.25, 0.3) is 0 Å². The lowest BCUT2D eigenvalue weighted by Gasteiger charge is -1.90. The molecule has 4 heteroatoms. The monoisotopic (exact) mass is 225 g/mol. The molecule has 0 aliphatic heterocycles. The number of rotatable bonds is 1. The molecule has 0 N–H and O–H groups in total. The molecule has 0 bridgehead atoms. The maximum atomic E-state index is 10.9. The summed E-state index contributed by atoms with van der Waals surface area (Å²) in [5, 5.41) is 0. The van der Waals surface area contributed by atoms with Crippen LogP contribution in [0.3, 0.4) is 0 Å². The number of hydrogen-bond donors (Lipinski definition) is 0. The van der Waals surface area contributed by atoms with Crippen molar-refractivity contribution in [2.24, 2.45) is 0 Å². The Morgan fingerprint density at radius 1 is 1.50 bits per heavy atom. The van der Waals surface area contributed by atoms with Crippen LogP contribution in [-0.2, 0) is 0 Å². The molecule has 0 radical (unpaired) electrons. The van der Waals surface area contributed by atoms with Gasteiger partial charge in [-0.3, -0.25) is 4.79 Å². The van der Waals surface area contributed by atoms with Crippen LogP contribution in [0.2, 0.25) is 0 Å². The second-order valence-electron chi connectivity index (χ2n) is 2.31. The van der Waals surface area contributed by atoms with Gasteiger partial charge in [0.05, 0.1) is 0 Å². The average Bonchev–Trinajstić information content (AvgIpc) is 2.49. The minimum Gasteiger partial charge on any atom is -0.443 e. The highest BCUT2D eigenvalue weighted by molar-refractivity contribution is 9.18. The molecule has 0 saturated carbocycles. The lowest BCUT2D eigenvalue weighted by molar-refractivity contribution is 0.109. The van der Waals surface area contributed by atoms with Crippen molar-refractivity contribution in [1.82, 2.24) is 4.98 Å². The standard InChI is InChI=1S/C8H4BrNO2/c9-8(11)5-1-2-6-7(3-5)12-4-10-6/h1-4H. The van der Waals surface area contributed by atoms with Crippen molar-refractivity contribution in [1.29, 1.82) is 0 Å². The lowest BCUT2D eigenvalue weighted by Crippen LogP contribution is -1.85. The molecule has 0 spiro atoms. The van der Waals surface area contributed by atoms with Crippen LogP contribution in [0.4, 0.5) is 0 Å². The molecule has 2 rings (SSSR count). The molecule has 0 aliphatic carbocycles. The summed E-state index contributed by atoms with van der Waals surface area (Å²) in [7, 11) is 0. The zero-order chi connectivity index (χ0) is 8.55. The lowest BCUT2D eigenvalue weighted by atomic mass is 10.2. The number of nitrogens with zero attached hydrogens (tertiary/aromatic N) is 1. The Morgan fingerprint density at radius 3 is 3.08 bits per heavy atom. The predicted molar refractivity (Wildman–Crippen MR) is 47.3 cm³/mol. The van der Waals surface area contributed by atoms with Gasteiger partial charge < -0.3 is 4.42 Å². The molecule has 0 unspecified atom stereocenters. The fourth-order valence-corrected chi connectivity index (χ4v) is 1.22. The van der Waals surface area contributed by atoms with Gasteiger partial charge >= 0.3 is 0 Å². The van der Waals surface area contributed by atoms with Crippen molar-refractivity contribution in [3.05, 3.63) is 30.2 Å². The maximum absolute atomic E-state index is 10.9. The van der Waals surface area contributed by atoms with Gasteiger partial charge in [0, 0.05) is 5.56 Å². The van der Waals surface area contributed by atoms with E-state index in [1.165, 1.54) is 6.39 Å². The Morgan fingerprint density at radius 2 is 2.33 bits per heavy atom. The number of carbonyl (C=O) groups excluding carboxylic acids is 1. The summed E-state index contributed by atoms with van der Waals surface area (Å²) in [4.78, 5) is 14.8. The molecule has 0 amide bonds. The second kappa shape index (κ2) is 2.71. The third-order valence-electron chi connectivity index (χ3n) is 1.56. The number of fused-ring (bicyclic) bond motifs is 1. The van der Waals surface area contributed by atoms with Crippen molar-refractivity contribution in [2.45, 2.75) is 0 Å². The molecular weight excluding hydrogens is 222 g/mol. The molecule has 1 aromatic carbocycles. The van der Waals surface area contributed by atoms with Crippen LogP contribution in [0, 0.1) is 0 Å². The highest BCUT2D eigenvalue weighted by Crippen LogP contribution is 2.15. The van der Waals surface area contributed by atoms with E-state index < -0.39 is 0 Å². The number of halogens is 1. The van der Waals surface area contributed by atoms with Gasteiger partial charge in [-0.05, 0) is 34.1 Å². The molecule has 2 aromatic rings. The van der Waals surface area contributed by atoms with Crippen LogP contribution in [0.1, 0.15) is 10.4 Å². The van der Waals surface area contributed by atoms with Crippen LogP contribution in [0.5, 0.6) is 0 Å². The molecule has 3 nitrogen and oxygen atoms in total. The average molecular weight is 226 g/mol. The molecule has 60 valence electrons. The van der Waals surface area contributed by atoms with Crippen LogP contribution >= 0.6 is 15.9 Å². The largest absolute Gasteiger partial charge is 0.443 e. The van der Waals surface area contributed by atoms with Gasteiger partial charge in [0.15, 0.2) is 12.0 Å². The van der Waals surface area contributed by atoms with Gasteiger partial charge in [-0.1, -0.05) is 0 Å². The van der Waals surface area contributed by atoms with E-state index >= 15 is 0 Å². The van der Waals surface area contributed by atoms with Crippen molar-refractivity contribution >= 4 is 31.7 Å². The molecular formula is C8H4BrNO2. The third kappa shape index (κ3) is 1.14. The van der Waals surface area contributed by atoms with E-state index in [2.05, 4.69) is 20.9 Å². The van der Waals surface area contributed by atoms with E-state index in [1.54, 1.807) is 18.2 Å². The quantitative estimate of drug-likeness (QED) is 0.701. The minimum absolute atomic E-state index is 0.152. The first kappa shape index (κ1) is 7.49. The van der Waals surface area contributed by atoms with Crippen molar-refractivity contribution in [3.63, 3.8) is 0 Å². The topological polar surface area (TPSA) is 43.1 Å². The summed E-state index contributed by atoms with van der Waals surface area (Å²) in [5.41, 5.74) is 1.95. The van der Waals surface area contributed by atoms with E-state index in [0.717, 1.165) is 5.52 Å².